The topological polar surface area (TPSA) is 42.2 Å². The molecule has 0 aromatic heterocycles. The molecule has 3 heteroatoms. The van der Waals surface area contributed by atoms with Gasteiger partial charge in [-0.2, -0.15) is 5.26 Å². The first-order valence-electron chi connectivity index (χ1n) is 5.01. The van der Waals surface area contributed by atoms with E-state index >= 15 is 0 Å². The minimum Gasteiger partial charge on any atom is -0.492 e. The van der Waals surface area contributed by atoms with Gasteiger partial charge in [0, 0.05) is 5.92 Å². The van der Waals surface area contributed by atoms with Crippen molar-refractivity contribution < 1.29 is 9.47 Å². The second kappa shape index (κ2) is 4.33. The molecule has 0 radical (unpaired) electrons. The number of ether oxygens (including phenoxy) is 2. The first kappa shape index (κ1) is 10.0. The lowest BCUT2D eigenvalue weighted by Gasteiger charge is -2.25. The fraction of sp³-hybridized carbons (Fsp3) is 0.417. The van der Waals surface area contributed by atoms with Crippen LogP contribution in [-0.4, -0.2) is 19.8 Å². The summed E-state index contributed by atoms with van der Waals surface area (Å²) in [7, 11) is 0. The van der Waals surface area contributed by atoms with Gasteiger partial charge in [0.1, 0.15) is 11.8 Å². The van der Waals surface area contributed by atoms with E-state index in [4.69, 9.17) is 14.7 Å². The number of nitriles is 1. The predicted molar refractivity (Wildman–Crippen MR) is 55.7 cm³/mol. The van der Waals surface area contributed by atoms with Crippen LogP contribution >= 0.6 is 0 Å². The van der Waals surface area contributed by atoms with Crippen molar-refractivity contribution in [2.24, 2.45) is 5.92 Å². The molecule has 0 amide bonds. The van der Waals surface area contributed by atoms with Crippen molar-refractivity contribution in [3.8, 4) is 11.8 Å². The van der Waals surface area contributed by atoms with Crippen LogP contribution in [0, 0.1) is 24.2 Å². The molecule has 78 valence electrons. The number of rotatable bonds is 3. The second-order valence-corrected chi connectivity index (χ2v) is 3.83. The van der Waals surface area contributed by atoms with Gasteiger partial charge in [0.25, 0.3) is 0 Å². The highest BCUT2D eigenvalue weighted by atomic mass is 16.5. The molecule has 0 atom stereocenters. The summed E-state index contributed by atoms with van der Waals surface area (Å²) in [5.74, 6) is 1.16. The Balaban J connectivity index is 2.03. The molecule has 1 saturated heterocycles. The molecule has 3 nitrogen and oxygen atoms in total. The molecule has 1 heterocycles. The summed E-state index contributed by atoms with van der Waals surface area (Å²) in [5.41, 5.74) is 1.68. The fourth-order valence-electron chi connectivity index (χ4n) is 1.45. The van der Waals surface area contributed by atoms with Gasteiger partial charge in [0.05, 0.1) is 25.4 Å². The van der Waals surface area contributed by atoms with Crippen molar-refractivity contribution in [3.63, 3.8) is 0 Å². The highest BCUT2D eigenvalue weighted by Gasteiger charge is 2.19. The molecular weight excluding hydrogens is 190 g/mol. The molecule has 1 aliphatic heterocycles. The lowest BCUT2D eigenvalue weighted by atomic mass is 10.1. The minimum atomic E-state index is 0.484. The summed E-state index contributed by atoms with van der Waals surface area (Å²) < 4.78 is 10.6. The van der Waals surface area contributed by atoms with Crippen LogP contribution in [0.2, 0.25) is 0 Å². The predicted octanol–water partition coefficient (Wildman–Crippen LogP) is 1.89. The Kier molecular flexibility index (Phi) is 2.89. The first-order chi connectivity index (χ1) is 7.29. The van der Waals surface area contributed by atoms with Gasteiger partial charge in [-0.3, -0.25) is 0 Å². The average molecular weight is 203 g/mol. The van der Waals surface area contributed by atoms with E-state index in [1.54, 1.807) is 0 Å². The molecule has 0 unspecified atom stereocenters. The molecule has 0 bridgehead atoms. The van der Waals surface area contributed by atoms with Gasteiger partial charge in [-0.15, -0.1) is 0 Å². The normalized spacial score (nSPS) is 15.5. The number of nitrogens with zero attached hydrogens (tertiary/aromatic N) is 1. The standard InChI is InChI=1S/C12H13NO2/c1-9-2-3-12(11(4-9)5-13)15-8-10-6-14-7-10/h2-4,10H,6-8H2,1H3. The number of hydrogen-bond donors (Lipinski definition) is 0. The zero-order chi connectivity index (χ0) is 10.7. The van der Waals surface area contributed by atoms with Crippen molar-refractivity contribution in [3.05, 3.63) is 29.3 Å². The quantitative estimate of drug-likeness (QED) is 0.753. The van der Waals surface area contributed by atoms with Crippen molar-refractivity contribution >= 4 is 0 Å². The fourth-order valence-corrected chi connectivity index (χ4v) is 1.45. The van der Waals surface area contributed by atoms with Crippen molar-refractivity contribution in [1.82, 2.24) is 0 Å². The highest BCUT2D eigenvalue weighted by Crippen LogP contribution is 2.20. The van der Waals surface area contributed by atoms with Gasteiger partial charge in [-0.1, -0.05) is 6.07 Å². The maximum atomic E-state index is 8.92. The van der Waals surface area contributed by atoms with Crippen LogP contribution in [-0.2, 0) is 4.74 Å². The lowest BCUT2D eigenvalue weighted by molar-refractivity contribution is -0.0508. The van der Waals surface area contributed by atoms with E-state index in [1.807, 2.05) is 25.1 Å². The maximum absolute atomic E-state index is 8.92. The summed E-state index contributed by atoms with van der Waals surface area (Å²) >= 11 is 0. The Hall–Kier alpha value is -1.53. The average Bonchev–Trinajstić information content (AvgIpc) is 2.17. The molecule has 0 spiro atoms. The second-order valence-electron chi connectivity index (χ2n) is 3.83. The van der Waals surface area contributed by atoms with Crippen LogP contribution in [0.25, 0.3) is 0 Å². The van der Waals surface area contributed by atoms with Gasteiger partial charge in [0.2, 0.25) is 0 Å². The van der Waals surface area contributed by atoms with Crippen LogP contribution in [0.15, 0.2) is 18.2 Å². The number of benzene rings is 1. The summed E-state index contributed by atoms with van der Waals surface area (Å²) in [6.07, 6.45) is 0. The van der Waals surface area contributed by atoms with Gasteiger partial charge in [0.15, 0.2) is 0 Å². The Morgan fingerprint density at radius 1 is 1.53 bits per heavy atom. The van der Waals surface area contributed by atoms with Crippen LogP contribution in [0.4, 0.5) is 0 Å². The Bertz CT molecular complexity index is 391. The maximum Gasteiger partial charge on any atom is 0.137 e. The zero-order valence-electron chi connectivity index (χ0n) is 8.69. The van der Waals surface area contributed by atoms with Crippen molar-refractivity contribution in [1.29, 1.82) is 5.26 Å². The molecule has 1 fully saturated rings. The number of hydrogen-bond acceptors (Lipinski definition) is 3. The third kappa shape index (κ3) is 2.28. The Morgan fingerprint density at radius 2 is 2.33 bits per heavy atom. The third-order valence-corrected chi connectivity index (χ3v) is 2.44. The Morgan fingerprint density at radius 3 is 2.93 bits per heavy atom. The van der Waals surface area contributed by atoms with Crippen molar-refractivity contribution in [2.45, 2.75) is 6.92 Å². The molecule has 0 saturated carbocycles. The minimum absolute atomic E-state index is 0.484. The van der Waals surface area contributed by atoms with Gasteiger partial charge in [-0.25, -0.2) is 0 Å². The Labute approximate surface area is 89.2 Å². The first-order valence-corrected chi connectivity index (χ1v) is 5.01. The van der Waals surface area contributed by atoms with E-state index in [-0.39, 0.29) is 0 Å². The monoisotopic (exact) mass is 203 g/mol. The molecule has 1 aliphatic rings. The molecule has 0 aliphatic carbocycles. The van der Waals surface area contributed by atoms with E-state index in [0.717, 1.165) is 18.8 Å². The van der Waals surface area contributed by atoms with Crippen LogP contribution in [0.3, 0.4) is 0 Å². The summed E-state index contributed by atoms with van der Waals surface area (Å²) in [4.78, 5) is 0. The SMILES string of the molecule is Cc1ccc(OCC2COC2)c(C#N)c1. The van der Waals surface area contributed by atoms with E-state index < -0.39 is 0 Å². The lowest BCUT2D eigenvalue weighted by Crippen LogP contribution is -2.32. The largest absolute Gasteiger partial charge is 0.492 e. The van der Waals surface area contributed by atoms with Crippen molar-refractivity contribution in [2.75, 3.05) is 19.8 Å². The van der Waals surface area contributed by atoms with Gasteiger partial charge < -0.3 is 9.47 Å². The molecular formula is C12H13NO2. The van der Waals surface area contributed by atoms with E-state index in [9.17, 15) is 0 Å². The summed E-state index contributed by atoms with van der Waals surface area (Å²) in [6.45, 7) is 4.14. The van der Waals surface area contributed by atoms with Crippen LogP contribution in [0.1, 0.15) is 11.1 Å². The van der Waals surface area contributed by atoms with E-state index in [0.29, 0.717) is 23.8 Å². The highest BCUT2D eigenvalue weighted by molar-refractivity contribution is 5.45. The van der Waals surface area contributed by atoms with E-state index in [2.05, 4.69) is 6.07 Å². The van der Waals surface area contributed by atoms with Crippen LogP contribution < -0.4 is 4.74 Å². The van der Waals surface area contributed by atoms with E-state index in [1.165, 1.54) is 0 Å². The number of aryl methyl sites for hydroxylation is 1. The van der Waals surface area contributed by atoms with Gasteiger partial charge in [-0.05, 0) is 24.6 Å². The molecule has 1 aromatic carbocycles. The molecule has 1 aromatic rings. The smallest absolute Gasteiger partial charge is 0.137 e. The third-order valence-electron chi connectivity index (χ3n) is 2.44. The molecule has 2 rings (SSSR count). The van der Waals surface area contributed by atoms with Crippen LogP contribution in [0.5, 0.6) is 5.75 Å². The summed E-state index contributed by atoms with van der Waals surface area (Å²) in [6, 6.07) is 7.79. The molecule has 0 N–H and O–H groups in total. The zero-order valence-corrected chi connectivity index (χ0v) is 8.69. The molecule has 15 heavy (non-hydrogen) atoms. The summed E-state index contributed by atoms with van der Waals surface area (Å²) in [5, 5.41) is 8.92. The van der Waals surface area contributed by atoms with Gasteiger partial charge >= 0.3 is 0 Å².